The van der Waals surface area contributed by atoms with Crippen molar-refractivity contribution in [2.75, 3.05) is 6.54 Å². The fourth-order valence-corrected chi connectivity index (χ4v) is 2.18. The molecule has 0 saturated carbocycles. The average Bonchev–Trinajstić information content (AvgIpc) is 2.66. The molecular weight excluding hydrogens is 222 g/mol. The van der Waals surface area contributed by atoms with Gasteiger partial charge in [0.15, 0.2) is 0 Å². The summed E-state index contributed by atoms with van der Waals surface area (Å²) in [5.41, 5.74) is 2.61. The van der Waals surface area contributed by atoms with Gasteiger partial charge in [0.05, 0.1) is 11.2 Å². The largest absolute Gasteiger partial charge is 0.312 e. The summed E-state index contributed by atoms with van der Waals surface area (Å²) in [4.78, 5) is 0. The maximum atomic E-state index is 4.70. The van der Waals surface area contributed by atoms with Crippen molar-refractivity contribution in [1.82, 2.24) is 15.1 Å². The van der Waals surface area contributed by atoms with E-state index in [-0.39, 0.29) is 5.54 Å². The SMILES string of the molecule is CCn1nc(CCNC(C)(C)C)c2ccccc21. The van der Waals surface area contributed by atoms with Crippen LogP contribution in [0, 0.1) is 0 Å². The van der Waals surface area contributed by atoms with Crippen molar-refractivity contribution in [3.8, 4) is 0 Å². The first kappa shape index (κ1) is 13.1. The summed E-state index contributed by atoms with van der Waals surface area (Å²) in [5, 5.41) is 9.50. The third-order valence-corrected chi connectivity index (χ3v) is 3.05. The first-order chi connectivity index (χ1) is 8.51. The summed E-state index contributed by atoms with van der Waals surface area (Å²) in [6.45, 7) is 10.6. The minimum Gasteiger partial charge on any atom is -0.312 e. The Morgan fingerprint density at radius 1 is 1.22 bits per heavy atom. The lowest BCUT2D eigenvalue weighted by Crippen LogP contribution is -2.37. The summed E-state index contributed by atoms with van der Waals surface area (Å²) in [6.07, 6.45) is 0.977. The van der Waals surface area contributed by atoms with Gasteiger partial charge in [0.25, 0.3) is 0 Å². The molecule has 3 nitrogen and oxygen atoms in total. The molecule has 2 rings (SSSR count). The molecule has 0 aliphatic rings. The van der Waals surface area contributed by atoms with E-state index in [2.05, 4.69) is 62.0 Å². The third kappa shape index (κ3) is 2.91. The summed E-state index contributed by atoms with van der Waals surface area (Å²) >= 11 is 0. The number of aromatic nitrogens is 2. The Morgan fingerprint density at radius 3 is 2.61 bits per heavy atom. The van der Waals surface area contributed by atoms with Crippen LogP contribution in [-0.4, -0.2) is 21.9 Å². The van der Waals surface area contributed by atoms with Crippen molar-refractivity contribution in [2.45, 2.75) is 46.2 Å². The molecule has 0 amide bonds. The van der Waals surface area contributed by atoms with E-state index in [1.807, 2.05) is 0 Å². The first-order valence-corrected chi connectivity index (χ1v) is 6.71. The predicted octanol–water partition coefficient (Wildman–Crippen LogP) is 2.99. The minimum atomic E-state index is 0.170. The van der Waals surface area contributed by atoms with Gasteiger partial charge in [0.2, 0.25) is 0 Å². The summed E-state index contributed by atoms with van der Waals surface area (Å²) in [7, 11) is 0. The Kier molecular flexibility index (Phi) is 3.71. The Morgan fingerprint density at radius 2 is 1.94 bits per heavy atom. The second-order valence-corrected chi connectivity index (χ2v) is 5.71. The van der Waals surface area contributed by atoms with Gasteiger partial charge in [0.1, 0.15) is 0 Å². The van der Waals surface area contributed by atoms with E-state index >= 15 is 0 Å². The summed E-state index contributed by atoms with van der Waals surface area (Å²) in [5.74, 6) is 0. The lowest BCUT2D eigenvalue weighted by molar-refractivity contribution is 0.428. The molecule has 2 aromatic rings. The van der Waals surface area contributed by atoms with Gasteiger partial charge in [-0.05, 0) is 33.8 Å². The number of aryl methyl sites for hydroxylation is 1. The van der Waals surface area contributed by atoms with Gasteiger partial charge < -0.3 is 5.32 Å². The molecule has 1 aromatic heterocycles. The average molecular weight is 245 g/mol. The standard InChI is InChI=1S/C15H23N3/c1-5-18-14-9-7-6-8-12(14)13(17-18)10-11-16-15(2,3)4/h6-9,16H,5,10-11H2,1-4H3. The van der Waals surface area contributed by atoms with Crippen molar-refractivity contribution >= 4 is 10.9 Å². The minimum absolute atomic E-state index is 0.170. The first-order valence-electron chi connectivity index (χ1n) is 6.71. The topological polar surface area (TPSA) is 29.9 Å². The normalized spacial score (nSPS) is 12.2. The quantitative estimate of drug-likeness (QED) is 0.897. The van der Waals surface area contributed by atoms with Crippen molar-refractivity contribution in [3.05, 3.63) is 30.0 Å². The Labute approximate surface area is 109 Å². The van der Waals surface area contributed by atoms with Crippen LogP contribution in [0.25, 0.3) is 10.9 Å². The maximum absolute atomic E-state index is 4.70. The van der Waals surface area contributed by atoms with Gasteiger partial charge >= 0.3 is 0 Å². The molecular formula is C15H23N3. The Bertz CT molecular complexity index is 520. The van der Waals surface area contributed by atoms with Crippen LogP contribution in [0.3, 0.4) is 0 Å². The number of rotatable bonds is 4. The van der Waals surface area contributed by atoms with Gasteiger partial charge in [-0.15, -0.1) is 0 Å². The molecule has 0 saturated heterocycles. The number of fused-ring (bicyclic) bond motifs is 1. The highest BCUT2D eigenvalue weighted by Gasteiger charge is 2.11. The van der Waals surface area contributed by atoms with Crippen molar-refractivity contribution in [2.24, 2.45) is 0 Å². The van der Waals surface area contributed by atoms with Crippen LogP contribution in [0.15, 0.2) is 24.3 Å². The van der Waals surface area contributed by atoms with E-state index in [1.165, 1.54) is 16.6 Å². The van der Waals surface area contributed by atoms with Crippen LogP contribution < -0.4 is 5.32 Å². The summed E-state index contributed by atoms with van der Waals surface area (Å²) < 4.78 is 2.09. The lowest BCUT2D eigenvalue weighted by Gasteiger charge is -2.20. The number of hydrogen-bond acceptors (Lipinski definition) is 2. The molecule has 0 atom stereocenters. The molecule has 1 heterocycles. The maximum Gasteiger partial charge on any atom is 0.0716 e. The smallest absolute Gasteiger partial charge is 0.0716 e. The second-order valence-electron chi connectivity index (χ2n) is 5.71. The fraction of sp³-hybridized carbons (Fsp3) is 0.533. The molecule has 98 valence electrons. The Balaban J connectivity index is 2.18. The van der Waals surface area contributed by atoms with E-state index in [0.717, 1.165) is 19.5 Å². The zero-order valence-electron chi connectivity index (χ0n) is 11.8. The zero-order chi connectivity index (χ0) is 13.2. The summed E-state index contributed by atoms with van der Waals surface area (Å²) in [6, 6.07) is 8.48. The van der Waals surface area contributed by atoms with E-state index in [0.29, 0.717) is 0 Å². The number of nitrogens with zero attached hydrogens (tertiary/aromatic N) is 2. The number of benzene rings is 1. The zero-order valence-corrected chi connectivity index (χ0v) is 11.8. The number of hydrogen-bond donors (Lipinski definition) is 1. The van der Waals surface area contributed by atoms with Crippen LogP contribution in [0.2, 0.25) is 0 Å². The molecule has 18 heavy (non-hydrogen) atoms. The molecule has 0 unspecified atom stereocenters. The van der Waals surface area contributed by atoms with Crippen molar-refractivity contribution < 1.29 is 0 Å². The highest BCUT2D eigenvalue weighted by molar-refractivity contribution is 5.81. The second kappa shape index (κ2) is 5.11. The molecule has 0 radical (unpaired) electrons. The predicted molar refractivity (Wildman–Crippen MR) is 76.9 cm³/mol. The molecule has 0 aliphatic carbocycles. The molecule has 0 bridgehead atoms. The Hall–Kier alpha value is -1.35. The molecule has 3 heteroatoms. The van der Waals surface area contributed by atoms with Gasteiger partial charge in [-0.1, -0.05) is 18.2 Å². The molecule has 0 aliphatic heterocycles. The van der Waals surface area contributed by atoms with Gasteiger partial charge in [0, 0.05) is 30.4 Å². The number of para-hydroxylation sites is 1. The van der Waals surface area contributed by atoms with Gasteiger partial charge in [-0.2, -0.15) is 5.10 Å². The van der Waals surface area contributed by atoms with Gasteiger partial charge in [-0.3, -0.25) is 4.68 Å². The monoisotopic (exact) mass is 245 g/mol. The van der Waals surface area contributed by atoms with Crippen LogP contribution in [-0.2, 0) is 13.0 Å². The molecule has 0 spiro atoms. The van der Waals surface area contributed by atoms with Crippen LogP contribution in [0.4, 0.5) is 0 Å². The number of nitrogens with one attached hydrogen (secondary N) is 1. The molecule has 0 fully saturated rings. The van der Waals surface area contributed by atoms with Crippen LogP contribution in [0.1, 0.15) is 33.4 Å². The van der Waals surface area contributed by atoms with Gasteiger partial charge in [-0.25, -0.2) is 0 Å². The van der Waals surface area contributed by atoms with E-state index in [9.17, 15) is 0 Å². The fourth-order valence-electron chi connectivity index (χ4n) is 2.18. The van der Waals surface area contributed by atoms with Crippen LogP contribution >= 0.6 is 0 Å². The van der Waals surface area contributed by atoms with E-state index < -0.39 is 0 Å². The lowest BCUT2D eigenvalue weighted by atomic mass is 10.1. The van der Waals surface area contributed by atoms with Crippen LogP contribution in [0.5, 0.6) is 0 Å². The molecule has 1 N–H and O–H groups in total. The van der Waals surface area contributed by atoms with Crippen molar-refractivity contribution in [3.63, 3.8) is 0 Å². The highest BCUT2D eigenvalue weighted by Crippen LogP contribution is 2.18. The van der Waals surface area contributed by atoms with E-state index in [4.69, 9.17) is 5.10 Å². The third-order valence-electron chi connectivity index (χ3n) is 3.05. The molecule has 1 aromatic carbocycles. The highest BCUT2D eigenvalue weighted by atomic mass is 15.3. The van der Waals surface area contributed by atoms with Crippen molar-refractivity contribution in [1.29, 1.82) is 0 Å². The van der Waals surface area contributed by atoms with E-state index in [1.54, 1.807) is 0 Å².